The SMILES string of the molecule is CO/C=C/c1ccco1. The molecule has 0 aliphatic rings. The van der Waals surface area contributed by atoms with Crippen LogP contribution in [0.5, 0.6) is 0 Å². The molecule has 0 N–H and O–H groups in total. The summed E-state index contributed by atoms with van der Waals surface area (Å²) in [7, 11) is 1.60. The second-order valence-electron chi connectivity index (χ2n) is 1.55. The second kappa shape index (κ2) is 2.97. The zero-order chi connectivity index (χ0) is 6.53. The van der Waals surface area contributed by atoms with Crippen LogP contribution in [-0.2, 0) is 4.74 Å². The fourth-order valence-corrected chi connectivity index (χ4v) is 0.521. The molecule has 0 radical (unpaired) electrons. The molecule has 0 fully saturated rings. The highest BCUT2D eigenvalue weighted by molar-refractivity contribution is 5.40. The van der Waals surface area contributed by atoms with Crippen molar-refractivity contribution >= 4 is 6.08 Å². The molecular weight excluding hydrogens is 116 g/mol. The van der Waals surface area contributed by atoms with E-state index in [4.69, 9.17) is 4.42 Å². The first-order valence-corrected chi connectivity index (χ1v) is 2.66. The van der Waals surface area contributed by atoms with Gasteiger partial charge in [-0.15, -0.1) is 0 Å². The van der Waals surface area contributed by atoms with Gasteiger partial charge in [-0.2, -0.15) is 0 Å². The van der Waals surface area contributed by atoms with Crippen LogP contribution in [0, 0.1) is 0 Å². The Bertz CT molecular complexity index is 175. The van der Waals surface area contributed by atoms with Crippen molar-refractivity contribution in [2.24, 2.45) is 0 Å². The lowest BCUT2D eigenvalue weighted by Gasteiger charge is -1.83. The standard InChI is InChI=1S/C7H8O2/c1-8-6-4-7-3-2-5-9-7/h2-6H,1H3/b6-4+. The van der Waals surface area contributed by atoms with Crippen LogP contribution >= 0.6 is 0 Å². The predicted molar refractivity (Wildman–Crippen MR) is 34.8 cm³/mol. The molecule has 1 aromatic rings. The third-order valence-corrected chi connectivity index (χ3v) is 0.912. The Labute approximate surface area is 53.7 Å². The molecule has 0 aliphatic carbocycles. The molecule has 0 saturated carbocycles. The molecule has 1 aromatic heterocycles. The Morgan fingerprint density at radius 2 is 2.56 bits per heavy atom. The molecule has 48 valence electrons. The highest BCUT2D eigenvalue weighted by Gasteiger charge is 1.83. The summed E-state index contributed by atoms with van der Waals surface area (Å²) < 4.78 is 9.64. The third kappa shape index (κ3) is 1.64. The smallest absolute Gasteiger partial charge is 0.129 e. The maximum atomic E-state index is 4.97. The molecule has 0 aromatic carbocycles. The van der Waals surface area contributed by atoms with Crippen LogP contribution in [-0.4, -0.2) is 7.11 Å². The molecule has 0 atom stereocenters. The van der Waals surface area contributed by atoms with Crippen LogP contribution in [0.25, 0.3) is 6.08 Å². The molecule has 1 heterocycles. The molecule has 9 heavy (non-hydrogen) atoms. The average Bonchev–Trinajstić information content (AvgIpc) is 2.34. The first kappa shape index (κ1) is 5.95. The van der Waals surface area contributed by atoms with E-state index in [1.165, 1.54) is 0 Å². The molecular formula is C7H8O2. The van der Waals surface area contributed by atoms with Crippen LogP contribution < -0.4 is 0 Å². The lowest BCUT2D eigenvalue weighted by molar-refractivity contribution is 0.340. The van der Waals surface area contributed by atoms with E-state index in [9.17, 15) is 0 Å². The van der Waals surface area contributed by atoms with E-state index >= 15 is 0 Å². The minimum atomic E-state index is 0.803. The summed E-state index contributed by atoms with van der Waals surface area (Å²) in [6, 6.07) is 3.69. The molecule has 1 rings (SSSR count). The van der Waals surface area contributed by atoms with Gasteiger partial charge in [0, 0.05) is 6.08 Å². The summed E-state index contributed by atoms with van der Waals surface area (Å²) in [4.78, 5) is 0. The Hall–Kier alpha value is -1.18. The number of hydrogen-bond donors (Lipinski definition) is 0. The van der Waals surface area contributed by atoms with Crippen molar-refractivity contribution in [3.63, 3.8) is 0 Å². The van der Waals surface area contributed by atoms with Gasteiger partial charge in [0.25, 0.3) is 0 Å². The van der Waals surface area contributed by atoms with E-state index in [2.05, 4.69) is 4.74 Å². The summed E-state index contributed by atoms with van der Waals surface area (Å²) in [6.45, 7) is 0. The van der Waals surface area contributed by atoms with Crippen molar-refractivity contribution in [3.05, 3.63) is 30.4 Å². The maximum absolute atomic E-state index is 4.97. The Kier molecular flexibility index (Phi) is 1.96. The Morgan fingerprint density at radius 3 is 3.11 bits per heavy atom. The average molecular weight is 124 g/mol. The molecule has 0 aliphatic heterocycles. The number of methoxy groups -OCH3 is 1. The number of furan rings is 1. The molecule has 2 heteroatoms. The van der Waals surface area contributed by atoms with Gasteiger partial charge in [-0.05, 0) is 12.1 Å². The molecule has 2 nitrogen and oxygen atoms in total. The van der Waals surface area contributed by atoms with E-state index in [1.807, 2.05) is 12.1 Å². The van der Waals surface area contributed by atoms with Crippen molar-refractivity contribution in [1.29, 1.82) is 0 Å². The zero-order valence-corrected chi connectivity index (χ0v) is 5.20. The lowest BCUT2D eigenvalue weighted by Crippen LogP contribution is -1.63. The van der Waals surface area contributed by atoms with E-state index in [0.717, 1.165) is 5.76 Å². The van der Waals surface area contributed by atoms with E-state index < -0.39 is 0 Å². The van der Waals surface area contributed by atoms with Crippen LogP contribution in [0.2, 0.25) is 0 Å². The van der Waals surface area contributed by atoms with Crippen LogP contribution in [0.1, 0.15) is 5.76 Å². The maximum Gasteiger partial charge on any atom is 0.129 e. The topological polar surface area (TPSA) is 22.4 Å². The largest absolute Gasteiger partial charge is 0.504 e. The number of hydrogen-bond acceptors (Lipinski definition) is 2. The van der Waals surface area contributed by atoms with Gasteiger partial charge in [0.05, 0.1) is 19.6 Å². The lowest BCUT2D eigenvalue weighted by atomic mass is 10.4. The predicted octanol–water partition coefficient (Wildman–Crippen LogP) is 1.90. The zero-order valence-electron chi connectivity index (χ0n) is 5.20. The summed E-state index contributed by atoms with van der Waals surface area (Å²) in [5, 5.41) is 0. The summed E-state index contributed by atoms with van der Waals surface area (Å²) in [6.07, 6.45) is 4.94. The van der Waals surface area contributed by atoms with Gasteiger partial charge in [0.15, 0.2) is 0 Å². The summed E-state index contributed by atoms with van der Waals surface area (Å²) in [5.41, 5.74) is 0. The van der Waals surface area contributed by atoms with Crippen molar-refractivity contribution in [1.82, 2.24) is 0 Å². The van der Waals surface area contributed by atoms with Crippen molar-refractivity contribution in [2.45, 2.75) is 0 Å². The van der Waals surface area contributed by atoms with Gasteiger partial charge >= 0.3 is 0 Å². The molecule has 0 spiro atoms. The first-order chi connectivity index (χ1) is 4.43. The van der Waals surface area contributed by atoms with Crippen LogP contribution in [0.15, 0.2) is 29.1 Å². The molecule has 0 amide bonds. The van der Waals surface area contributed by atoms with Gasteiger partial charge in [0.1, 0.15) is 5.76 Å². The quantitative estimate of drug-likeness (QED) is 0.562. The van der Waals surface area contributed by atoms with Crippen LogP contribution in [0.4, 0.5) is 0 Å². The second-order valence-corrected chi connectivity index (χ2v) is 1.55. The fraction of sp³-hybridized carbons (Fsp3) is 0.143. The van der Waals surface area contributed by atoms with E-state index in [0.29, 0.717) is 0 Å². The van der Waals surface area contributed by atoms with E-state index in [-0.39, 0.29) is 0 Å². The Morgan fingerprint density at radius 1 is 1.67 bits per heavy atom. The summed E-state index contributed by atoms with van der Waals surface area (Å²) >= 11 is 0. The van der Waals surface area contributed by atoms with Crippen molar-refractivity contribution in [3.8, 4) is 0 Å². The van der Waals surface area contributed by atoms with E-state index in [1.54, 1.807) is 25.7 Å². The monoisotopic (exact) mass is 124 g/mol. The van der Waals surface area contributed by atoms with Crippen molar-refractivity contribution < 1.29 is 9.15 Å². The van der Waals surface area contributed by atoms with Gasteiger partial charge < -0.3 is 9.15 Å². The van der Waals surface area contributed by atoms with Gasteiger partial charge in [-0.3, -0.25) is 0 Å². The minimum Gasteiger partial charge on any atom is -0.504 e. The first-order valence-electron chi connectivity index (χ1n) is 2.66. The summed E-state index contributed by atoms with van der Waals surface area (Å²) in [5.74, 6) is 0.803. The normalized spacial score (nSPS) is 10.3. The van der Waals surface area contributed by atoms with Crippen molar-refractivity contribution in [2.75, 3.05) is 7.11 Å². The third-order valence-electron chi connectivity index (χ3n) is 0.912. The number of ether oxygens (including phenoxy) is 1. The number of rotatable bonds is 2. The molecule has 0 saturated heterocycles. The van der Waals surface area contributed by atoms with Crippen LogP contribution in [0.3, 0.4) is 0 Å². The highest BCUT2D eigenvalue weighted by atomic mass is 16.5. The minimum absolute atomic E-state index is 0.803. The fourth-order valence-electron chi connectivity index (χ4n) is 0.521. The van der Waals surface area contributed by atoms with Gasteiger partial charge in [-0.25, -0.2) is 0 Å². The van der Waals surface area contributed by atoms with Gasteiger partial charge in [0.2, 0.25) is 0 Å². The Balaban J connectivity index is 2.57. The highest BCUT2D eigenvalue weighted by Crippen LogP contribution is 2.01. The molecule has 0 bridgehead atoms. The molecule has 0 unspecified atom stereocenters. The van der Waals surface area contributed by atoms with Gasteiger partial charge in [-0.1, -0.05) is 0 Å².